The highest BCUT2D eigenvalue weighted by Gasteiger charge is 2.41. The van der Waals surface area contributed by atoms with Crippen molar-refractivity contribution in [2.75, 3.05) is 13.1 Å². The van der Waals surface area contributed by atoms with Gasteiger partial charge in [0.05, 0.1) is 12.6 Å². The molecule has 1 fully saturated rings. The zero-order valence-corrected chi connectivity index (χ0v) is 14.4. The summed E-state index contributed by atoms with van der Waals surface area (Å²) in [6.45, 7) is -0.546. The molecule has 2 aromatic rings. The van der Waals surface area contributed by atoms with Crippen molar-refractivity contribution in [1.29, 1.82) is 5.26 Å². The Kier molecular flexibility index (Phi) is 5.33. The van der Waals surface area contributed by atoms with Crippen molar-refractivity contribution >= 4 is 5.91 Å². The normalized spacial score (nSPS) is 16.6. The van der Waals surface area contributed by atoms with E-state index in [-0.39, 0.29) is 25.3 Å². The molecule has 1 saturated heterocycles. The number of likely N-dealkylation sites (tertiary alicyclic amines) is 1. The van der Waals surface area contributed by atoms with Crippen LogP contribution in [0.4, 0.5) is 8.78 Å². The SMILES string of the molecule is N#Cc1cccnc1Oc1ccc(C[C@H](N)C(=O)N2CCC(F)(F)C2)cc1. The lowest BCUT2D eigenvalue weighted by Gasteiger charge is -2.20. The fourth-order valence-electron chi connectivity index (χ4n) is 2.86. The van der Waals surface area contributed by atoms with E-state index in [0.717, 1.165) is 10.5 Å². The number of nitriles is 1. The van der Waals surface area contributed by atoms with Gasteiger partial charge in [-0.2, -0.15) is 5.26 Å². The van der Waals surface area contributed by atoms with Crippen LogP contribution in [0.2, 0.25) is 0 Å². The molecule has 1 aliphatic heterocycles. The molecular weight excluding hydrogens is 354 g/mol. The number of carbonyl (C=O) groups is 1. The average Bonchev–Trinajstić information content (AvgIpc) is 3.03. The maximum Gasteiger partial charge on any atom is 0.267 e. The number of rotatable bonds is 5. The van der Waals surface area contributed by atoms with Gasteiger partial charge in [-0.15, -0.1) is 0 Å². The topological polar surface area (TPSA) is 92.2 Å². The minimum atomic E-state index is -2.83. The summed E-state index contributed by atoms with van der Waals surface area (Å²) in [4.78, 5) is 17.4. The molecule has 1 amide bonds. The minimum absolute atomic E-state index is 0.0254. The number of carbonyl (C=O) groups excluding carboxylic acids is 1. The molecule has 140 valence electrons. The van der Waals surface area contributed by atoms with Crippen LogP contribution < -0.4 is 10.5 Å². The molecule has 0 aliphatic carbocycles. The Hall–Kier alpha value is -3.05. The molecule has 0 saturated carbocycles. The van der Waals surface area contributed by atoms with Crippen molar-refractivity contribution in [1.82, 2.24) is 9.88 Å². The molecule has 2 heterocycles. The summed E-state index contributed by atoms with van der Waals surface area (Å²) in [7, 11) is 0. The number of alkyl halides is 2. The Labute approximate surface area is 155 Å². The summed E-state index contributed by atoms with van der Waals surface area (Å²) in [5.41, 5.74) is 6.99. The van der Waals surface area contributed by atoms with E-state index in [4.69, 9.17) is 15.7 Å². The van der Waals surface area contributed by atoms with E-state index in [9.17, 15) is 13.6 Å². The van der Waals surface area contributed by atoms with Crippen LogP contribution in [0.1, 0.15) is 17.5 Å². The number of amides is 1. The monoisotopic (exact) mass is 372 g/mol. The van der Waals surface area contributed by atoms with E-state index in [2.05, 4.69) is 4.98 Å². The highest BCUT2D eigenvalue weighted by Crippen LogP contribution is 2.27. The summed E-state index contributed by atoms with van der Waals surface area (Å²) in [5.74, 6) is -2.62. The summed E-state index contributed by atoms with van der Waals surface area (Å²) < 4.78 is 32.1. The Morgan fingerprint density at radius 2 is 2.11 bits per heavy atom. The lowest BCUT2D eigenvalue weighted by molar-refractivity contribution is -0.133. The van der Waals surface area contributed by atoms with E-state index in [1.54, 1.807) is 36.4 Å². The lowest BCUT2D eigenvalue weighted by Crippen LogP contribution is -2.44. The predicted molar refractivity (Wildman–Crippen MR) is 93.3 cm³/mol. The van der Waals surface area contributed by atoms with Gasteiger partial charge >= 0.3 is 0 Å². The van der Waals surface area contributed by atoms with Crippen LogP contribution in [-0.2, 0) is 11.2 Å². The summed E-state index contributed by atoms with van der Waals surface area (Å²) >= 11 is 0. The molecular formula is C19H18F2N4O2. The highest BCUT2D eigenvalue weighted by molar-refractivity contribution is 5.82. The molecule has 8 heteroatoms. The molecule has 1 aromatic carbocycles. The zero-order chi connectivity index (χ0) is 19.4. The van der Waals surface area contributed by atoms with Gasteiger partial charge in [-0.3, -0.25) is 4.79 Å². The number of benzene rings is 1. The molecule has 1 aliphatic rings. The van der Waals surface area contributed by atoms with Crippen molar-refractivity contribution in [3.63, 3.8) is 0 Å². The maximum absolute atomic E-state index is 13.2. The minimum Gasteiger partial charge on any atom is -0.438 e. The molecule has 0 radical (unpaired) electrons. The molecule has 0 unspecified atom stereocenters. The van der Waals surface area contributed by atoms with E-state index in [0.29, 0.717) is 11.3 Å². The summed E-state index contributed by atoms with van der Waals surface area (Å²) in [6.07, 6.45) is 1.43. The van der Waals surface area contributed by atoms with Crippen molar-refractivity contribution in [2.45, 2.75) is 24.8 Å². The average molecular weight is 372 g/mol. The van der Waals surface area contributed by atoms with Crippen LogP contribution in [0, 0.1) is 11.3 Å². The van der Waals surface area contributed by atoms with Crippen LogP contribution in [0.25, 0.3) is 0 Å². The van der Waals surface area contributed by atoms with Crippen molar-refractivity contribution < 1.29 is 18.3 Å². The van der Waals surface area contributed by atoms with Crippen molar-refractivity contribution in [2.24, 2.45) is 5.73 Å². The van der Waals surface area contributed by atoms with Crippen LogP contribution in [-0.4, -0.2) is 40.8 Å². The standard InChI is InChI=1S/C19H18F2N4O2/c20-19(21)7-9-25(12-19)18(26)16(23)10-13-3-5-15(6-4-13)27-17-14(11-22)2-1-8-24-17/h1-6,8,16H,7,9-10,12,23H2/t16-/m0/s1. The highest BCUT2D eigenvalue weighted by atomic mass is 19.3. The summed E-state index contributed by atoms with van der Waals surface area (Å²) in [6, 6.07) is 11.2. The number of halogens is 2. The second-order valence-electron chi connectivity index (χ2n) is 6.39. The number of nitrogens with two attached hydrogens (primary N) is 1. The third-order valence-electron chi connectivity index (χ3n) is 4.28. The van der Waals surface area contributed by atoms with E-state index in [1.807, 2.05) is 6.07 Å². The van der Waals surface area contributed by atoms with Gasteiger partial charge in [0.2, 0.25) is 11.8 Å². The molecule has 27 heavy (non-hydrogen) atoms. The van der Waals surface area contributed by atoms with Gasteiger partial charge < -0.3 is 15.4 Å². The number of hydrogen-bond acceptors (Lipinski definition) is 5. The van der Waals surface area contributed by atoms with Gasteiger partial charge in [0.1, 0.15) is 17.4 Å². The molecule has 1 aromatic heterocycles. The number of nitrogens with zero attached hydrogens (tertiary/aromatic N) is 3. The van der Waals surface area contributed by atoms with Crippen LogP contribution in [0.15, 0.2) is 42.6 Å². The maximum atomic E-state index is 13.2. The molecule has 0 bridgehead atoms. The fourth-order valence-corrected chi connectivity index (χ4v) is 2.86. The number of pyridine rings is 1. The van der Waals surface area contributed by atoms with Crippen LogP contribution in [0.3, 0.4) is 0 Å². The van der Waals surface area contributed by atoms with Gasteiger partial charge in [-0.1, -0.05) is 12.1 Å². The van der Waals surface area contributed by atoms with Gasteiger partial charge in [0.15, 0.2) is 0 Å². The summed E-state index contributed by atoms with van der Waals surface area (Å²) in [5, 5.41) is 9.05. The first kappa shape index (κ1) is 18.7. The molecule has 3 rings (SSSR count). The molecule has 2 N–H and O–H groups in total. The van der Waals surface area contributed by atoms with Gasteiger partial charge in [-0.25, -0.2) is 13.8 Å². The van der Waals surface area contributed by atoms with E-state index < -0.39 is 24.4 Å². The van der Waals surface area contributed by atoms with Crippen molar-refractivity contribution in [3.8, 4) is 17.7 Å². The Balaban J connectivity index is 1.60. The van der Waals surface area contributed by atoms with Crippen LogP contribution >= 0.6 is 0 Å². The van der Waals surface area contributed by atoms with Gasteiger partial charge in [-0.05, 0) is 36.2 Å². The van der Waals surface area contributed by atoms with E-state index >= 15 is 0 Å². The molecule has 6 nitrogen and oxygen atoms in total. The first-order valence-corrected chi connectivity index (χ1v) is 8.42. The number of ether oxygens (including phenoxy) is 1. The largest absolute Gasteiger partial charge is 0.438 e. The predicted octanol–water partition coefficient (Wildman–Crippen LogP) is 2.48. The third-order valence-corrected chi connectivity index (χ3v) is 4.28. The second kappa shape index (κ2) is 7.68. The second-order valence-corrected chi connectivity index (χ2v) is 6.39. The zero-order valence-electron chi connectivity index (χ0n) is 14.4. The van der Waals surface area contributed by atoms with Crippen molar-refractivity contribution in [3.05, 3.63) is 53.7 Å². The number of aromatic nitrogens is 1. The fraction of sp³-hybridized carbons (Fsp3) is 0.316. The Bertz CT molecular complexity index is 865. The Morgan fingerprint density at radius 3 is 2.74 bits per heavy atom. The molecule has 1 atom stereocenters. The first-order chi connectivity index (χ1) is 12.9. The van der Waals surface area contributed by atoms with Crippen LogP contribution in [0.5, 0.6) is 11.6 Å². The number of hydrogen-bond donors (Lipinski definition) is 1. The van der Waals surface area contributed by atoms with Gasteiger partial charge in [0.25, 0.3) is 5.92 Å². The quantitative estimate of drug-likeness (QED) is 0.870. The lowest BCUT2D eigenvalue weighted by atomic mass is 10.1. The smallest absolute Gasteiger partial charge is 0.267 e. The first-order valence-electron chi connectivity index (χ1n) is 8.42. The van der Waals surface area contributed by atoms with E-state index in [1.165, 1.54) is 6.20 Å². The molecule has 0 spiro atoms. The third kappa shape index (κ3) is 4.57. The van der Waals surface area contributed by atoms with Gasteiger partial charge in [0, 0.05) is 19.2 Å². The Morgan fingerprint density at radius 1 is 1.37 bits per heavy atom.